The zero-order valence-corrected chi connectivity index (χ0v) is 14.2. The Bertz CT molecular complexity index is 572. The largest absolute Gasteiger partial charge is 0.466 e. The Labute approximate surface area is 143 Å². The topological polar surface area (TPSA) is 55.8 Å². The van der Waals surface area contributed by atoms with Crippen LogP contribution in [0.25, 0.3) is 0 Å². The number of carbonyl (C=O) groups is 2. The average molecular weight is 331 g/mol. The number of allylic oxidation sites excluding steroid dienone is 4. The van der Waals surface area contributed by atoms with E-state index < -0.39 is 0 Å². The third-order valence-corrected chi connectivity index (χ3v) is 3.84. The van der Waals surface area contributed by atoms with Gasteiger partial charge in [-0.15, -0.1) is 0 Å². The summed E-state index contributed by atoms with van der Waals surface area (Å²) in [5, 5.41) is 0. The molecule has 2 aliphatic rings. The minimum Gasteiger partial charge on any atom is -0.466 e. The smallest absolute Gasteiger partial charge is 0.305 e. The lowest BCUT2D eigenvalue weighted by Crippen LogP contribution is -2.22. The normalized spacial score (nSPS) is 16.3. The zero-order chi connectivity index (χ0) is 17.2. The van der Waals surface area contributed by atoms with Crippen LogP contribution in [0.2, 0.25) is 0 Å². The van der Waals surface area contributed by atoms with Gasteiger partial charge in [0.2, 0.25) is 5.91 Å². The molecule has 24 heavy (non-hydrogen) atoms. The van der Waals surface area contributed by atoms with Crippen LogP contribution in [-0.4, -0.2) is 23.4 Å². The first-order valence-corrected chi connectivity index (χ1v) is 8.54. The van der Waals surface area contributed by atoms with Crippen LogP contribution in [0.5, 0.6) is 0 Å². The molecule has 1 aliphatic heterocycles. The number of rotatable bonds is 8. The van der Waals surface area contributed by atoms with Gasteiger partial charge in [-0.1, -0.05) is 23.8 Å². The number of hydrogen-bond acceptors (Lipinski definition) is 4. The fraction of sp³-hybridized carbons (Fsp3) is 0.474. The number of carbonyl (C=O) groups excluding carboxylic acids is 2. The van der Waals surface area contributed by atoms with Gasteiger partial charge >= 0.3 is 5.97 Å². The summed E-state index contributed by atoms with van der Waals surface area (Å²) in [6, 6.07) is 0. The minimum absolute atomic E-state index is 0.00780. The second kappa shape index (κ2) is 9.75. The minimum atomic E-state index is -0.201. The van der Waals surface area contributed by atoms with Crippen LogP contribution >= 0.6 is 0 Å². The molecule has 0 aromatic rings. The molecular weight excluding hydrogens is 306 g/mol. The molecule has 5 nitrogen and oxygen atoms in total. The molecule has 0 spiro atoms. The van der Waals surface area contributed by atoms with Crippen LogP contribution in [0.15, 0.2) is 48.2 Å². The highest BCUT2D eigenvalue weighted by molar-refractivity contribution is 5.78. The van der Waals surface area contributed by atoms with Gasteiger partial charge in [-0.2, -0.15) is 0 Å². The Kier molecular flexibility index (Phi) is 7.33. The third kappa shape index (κ3) is 6.07. The Morgan fingerprint density at radius 2 is 2.12 bits per heavy atom. The molecule has 0 atom stereocenters. The summed E-state index contributed by atoms with van der Waals surface area (Å²) in [5.74, 6) is 0.584. The van der Waals surface area contributed by atoms with E-state index >= 15 is 0 Å². The first kappa shape index (κ1) is 18.0. The molecule has 5 heteroatoms. The van der Waals surface area contributed by atoms with Gasteiger partial charge in [0.1, 0.15) is 12.0 Å². The van der Waals surface area contributed by atoms with Crippen molar-refractivity contribution in [3.05, 3.63) is 48.2 Å². The van der Waals surface area contributed by atoms with Gasteiger partial charge in [-0.25, -0.2) is 0 Å². The van der Waals surface area contributed by atoms with Crippen molar-refractivity contribution >= 4 is 11.9 Å². The van der Waals surface area contributed by atoms with E-state index in [2.05, 4.69) is 18.2 Å². The molecule has 2 rings (SSSR count). The molecular formula is C19H25NO4. The van der Waals surface area contributed by atoms with Gasteiger partial charge in [0.25, 0.3) is 0 Å². The van der Waals surface area contributed by atoms with Crippen LogP contribution in [0.1, 0.15) is 51.9 Å². The summed E-state index contributed by atoms with van der Waals surface area (Å²) < 4.78 is 10.4. The van der Waals surface area contributed by atoms with Gasteiger partial charge in [0.15, 0.2) is 0 Å². The van der Waals surface area contributed by atoms with Gasteiger partial charge in [0, 0.05) is 25.5 Å². The highest BCUT2D eigenvalue weighted by Gasteiger charge is 2.15. The van der Waals surface area contributed by atoms with Crippen molar-refractivity contribution < 1.29 is 19.1 Å². The van der Waals surface area contributed by atoms with Crippen LogP contribution in [0.4, 0.5) is 0 Å². The molecule has 1 heterocycles. The van der Waals surface area contributed by atoms with Crippen molar-refractivity contribution in [3.8, 4) is 0 Å². The lowest BCUT2D eigenvalue weighted by Gasteiger charge is -2.21. The summed E-state index contributed by atoms with van der Waals surface area (Å²) in [6.07, 6.45) is 16.1. The molecule has 0 aromatic heterocycles. The molecule has 0 N–H and O–H groups in total. The van der Waals surface area contributed by atoms with Crippen molar-refractivity contribution in [1.82, 2.24) is 4.90 Å². The average Bonchev–Trinajstić information content (AvgIpc) is 2.60. The molecule has 1 aliphatic carbocycles. The van der Waals surface area contributed by atoms with Crippen molar-refractivity contribution in [3.63, 3.8) is 0 Å². The maximum Gasteiger partial charge on any atom is 0.305 e. The number of unbranched alkanes of at least 4 members (excludes halogenated alkanes) is 1. The molecule has 0 saturated carbocycles. The van der Waals surface area contributed by atoms with E-state index in [1.807, 2.05) is 0 Å². The second-order valence-corrected chi connectivity index (χ2v) is 5.78. The highest BCUT2D eigenvalue weighted by Crippen LogP contribution is 2.23. The number of hydrogen-bond donors (Lipinski definition) is 0. The van der Waals surface area contributed by atoms with E-state index in [0.717, 1.165) is 25.0 Å². The van der Waals surface area contributed by atoms with Crippen molar-refractivity contribution in [2.45, 2.75) is 51.9 Å². The zero-order valence-electron chi connectivity index (χ0n) is 14.2. The molecule has 0 aromatic carbocycles. The lowest BCUT2D eigenvalue weighted by molar-refractivity contribution is -0.143. The van der Waals surface area contributed by atoms with Crippen molar-refractivity contribution in [1.29, 1.82) is 0 Å². The van der Waals surface area contributed by atoms with E-state index in [4.69, 9.17) is 9.47 Å². The van der Waals surface area contributed by atoms with Gasteiger partial charge < -0.3 is 9.47 Å². The summed E-state index contributed by atoms with van der Waals surface area (Å²) in [4.78, 5) is 25.1. The van der Waals surface area contributed by atoms with E-state index in [1.165, 1.54) is 5.57 Å². The summed E-state index contributed by atoms with van der Waals surface area (Å²) >= 11 is 0. The first-order valence-electron chi connectivity index (χ1n) is 8.54. The van der Waals surface area contributed by atoms with Crippen molar-refractivity contribution in [2.75, 3.05) is 6.61 Å². The quantitative estimate of drug-likeness (QED) is 0.499. The lowest BCUT2D eigenvalue weighted by atomic mass is 10.0. The number of ether oxygens (including phenoxy) is 2. The Morgan fingerprint density at radius 1 is 1.29 bits per heavy atom. The van der Waals surface area contributed by atoms with Gasteiger partial charge in [-0.3, -0.25) is 14.5 Å². The van der Waals surface area contributed by atoms with Crippen LogP contribution in [-0.2, 0) is 19.1 Å². The van der Waals surface area contributed by atoms with E-state index in [-0.39, 0.29) is 11.9 Å². The van der Waals surface area contributed by atoms with Gasteiger partial charge in [0.05, 0.1) is 12.8 Å². The number of nitrogens with zero attached hydrogens (tertiary/aromatic N) is 1. The van der Waals surface area contributed by atoms with E-state index in [9.17, 15) is 9.59 Å². The first-order chi connectivity index (χ1) is 11.7. The standard InChI is InChI=1S/C19H25NO4/c1-2-23-19(22)11-7-6-10-18(21)20-12-13-24-17(15-20)14-16-8-4-3-5-9-16/h3-4,8,12-13,15H,2,5-7,9-11,14H2,1H3. The fourth-order valence-corrected chi connectivity index (χ4v) is 2.59. The molecule has 0 fully saturated rings. The molecule has 0 saturated heterocycles. The molecule has 0 unspecified atom stereocenters. The summed E-state index contributed by atoms with van der Waals surface area (Å²) in [6.45, 7) is 2.19. The molecule has 1 amide bonds. The van der Waals surface area contributed by atoms with E-state index in [0.29, 0.717) is 32.3 Å². The monoisotopic (exact) mass is 331 g/mol. The van der Waals surface area contributed by atoms with Crippen LogP contribution in [0.3, 0.4) is 0 Å². The number of esters is 1. The Morgan fingerprint density at radius 3 is 2.88 bits per heavy atom. The summed E-state index contributed by atoms with van der Waals surface area (Å²) in [7, 11) is 0. The van der Waals surface area contributed by atoms with E-state index in [1.54, 1.807) is 30.5 Å². The third-order valence-electron chi connectivity index (χ3n) is 3.84. The van der Waals surface area contributed by atoms with Crippen molar-refractivity contribution in [2.24, 2.45) is 0 Å². The maximum absolute atomic E-state index is 12.2. The number of amides is 1. The van der Waals surface area contributed by atoms with Gasteiger partial charge in [-0.05, 0) is 32.6 Å². The summed E-state index contributed by atoms with van der Waals surface area (Å²) in [5.41, 5.74) is 1.31. The predicted molar refractivity (Wildman–Crippen MR) is 91.3 cm³/mol. The molecule has 0 radical (unpaired) electrons. The Balaban J connectivity index is 1.75. The second-order valence-electron chi connectivity index (χ2n) is 5.78. The Hall–Kier alpha value is -2.30. The molecule has 0 bridgehead atoms. The van der Waals surface area contributed by atoms with Crippen LogP contribution < -0.4 is 0 Å². The fourth-order valence-electron chi connectivity index (χ4n) is 2.59. The predicted octanol–water partition coefficient (Wildman–Crippen LogP) is 3.95. The molecule has 130 valence electrons. The van der Waals surface area contributed by atoms with Crippen LogP contribution in [0, 0.1) is 0 Å². The SMILES string of the molecule is CCOC(=O)CCCCC(=O)N1C=COC(CC2=CC=CCC2)=C1. The highest BCUT2D eigenvalue weighted by atomic mass is 16.5. The maximum atomic E-state index is 12.2.